The number of hydrogen-bond acceptors (Lipinski definition) is 6. The van der Waals surface area contributed by atoms with Crippen molar-refractivity contribution in [1.82, 2.24) is 14.8 Å². The third-order valence-electron chi connectivity index (χ3n) is 4.63. The van der Waals surface area contributed by atoms with Crippen LogP contribution in [0.25, 0.3) is 5.69 Å². The van der Waals surface area contributed by atoms with Gasteiger partial charge in [-0.05, 0) is 55.5 Å². The number of amides is 1. The zero-order valence-electron chi connectivity index (χ0n) is 17.7. The number of halogens is 1. The Labute approximate surface area is 194 Å². The smallest absolute Gasteiger partial charge is 0.234 e. The highest BCUT2D eigenvalue weighted by molar-refractivity contribution is 7.99. The van der Waals surface area contributed by atoms with Crippen LogP contribution in [0.2, 0.25) is 0 Å². The Morgan fingerprint density at radius 2 is 1.85 bits per heavy atom. The maximum atomic E-state index is 13.2. The summed E-state index contributed by atoms with van der Waals surface area (Å²) in [6.45, 7) is 1.83. The van der Waals surface area contributed by atoms with Crippen LogP contribution in [0, 0.1) is 5.82 Å². The molecule has 0 aliphatic heterocycles. The Bertz CT molecular complexity index is 1230. The maximum Gasteiger partial charge on any atom is 0.234 e. The van der Waals surface area contributed by atoms with Gasteiger partial charge in [0.15, 0.2) is 17.1 Å². The van der Waals surface area contributed by atoms with Gasteiger partial charge in [0, 0.05) is 17.4 Å². The van der Waals surface area contributed by atoms with E-state index in [-0.39, 0.29) is 23.2 Å². The monoisotopic (exact) mass is 464 g/mol. The van der Waals surface area contributed by atoms with Crippen molar-refractivity contribution in [3.05, 3.63) is 90.5 Å². The van der Waals surface area contributed by atoms with Crippen LogP contribution in [-0.4, -0.2) is 31.5 Å². The number of phenolic OH excluding ortho intramolecular Hbond substituents is 1. The predicted molar refractivity (Wildman–Crippen MR) is 124 cm³/mol. The van der Waals surface area contributed by atoms with Crippen LogP contribution in [0.5, 0.6) is 11.5 Å². The van der Waals surface area contributed by atoms with Crippen molar-refractivity contribution in [1.29, 1.82) is 0 Å². The minimum absolute atomic E-state index is 0.0732. The van der Waals surface area contributed by atoms with Crippen LogP contribution < -0.4 is 10.1 Å². The average Bonchev–Trinajstić information content (AvgIpc) is 3.24. The van der Waals surface area contributed by atoms with Crippen LogP contribution in [-0.2, 0) is 4.79 Å². The van der Waals surface area contributed by atoms with Crippen molar-refractivity contribution in [2.75, 3.05) is 11.1 Å². The number of thioether (sulfide) groups is 1. The molecule has 2 N–H and O–H groups in total. The number of nitrogens with zero attached hydrogens (tertiary/aromatic N) is 3. The first-order valence-corrected chi connectivity index (χ1v) is 11.1. The first-order chi connectivity index (χ1) is 16.0. The summed E-state index contributed by atoms with van der Waals surface area (Å²) in [7, 11) is 0. The summed E-state index contributed by atoms with van der Waals surface area (Å²) in [6, 6.07) is 21.6. The first-order valence-electron chi connectivity index (χ1n) is 10.1. The van der Waals surface area contributed by atoms with Gasteiger partial charge < -0.3 is 15.2 Å². The van der Waals surface area contributed by atoms with Gasteiger partial charge in [0.05, 0.1) is 5.75 Å². The molecule has 0 aliphatic rings. The number of nitrogens with one attached hydrogen (secondary N) is 1. The summed E-state index contributed by atoms with van der Waals surface area (Å²) in [6.07, 6.45) is -0.487. The number of anilines is 1. The Balaban J connectivity index is 1.53. The largest absolute Gasteiger partial charge is 0.508 e. The van der Waals surface area contributed by atoms with Crippen molar-refractivity contribution in [3.63, 3.8) is 0 Å². The summed E-state index contributed by atoms with van der Waals surface area (Å²) in [5.41, 5.74) is 1.33. The highest BCUT2D eigenvalue weighted by Gasteiger charge is 2.21. The fraction of sp³-hybridized carbons (Fsp3) is 0.125. The summed E-state index contributed by atoms with van der Waals surface area (Å²) in [4.78, 5) is 12.4. The van der Waals surface area contributed by atoms with E-state index in [1.807, 2.05) is 41.8 Å². The number of benzene rings is 3. The lowest BCUT2D eigenvalue weighted by atomic mass is 10.3. The molecule has 0 saturated carbocycles. The molecule has 0 radical (unpaired) electrons. The SMILES string of the molecule is CC(Oc1ccc(F)cc1)c1nnc(SCC(=O)Nc2cccc(O)c2)n1-c1ccccc1. The van der Waals surface area contributed by atoms with Crippen LogP contribution in [0.15, 0.2) is 84.0 Å². The van der Waals surface area contributed by atoms with Crippen LogP contribution in [0.4, 0.5) is 10.1 Å². The number of aromatic hydroxyl groups is 1. The molecular formula is C24H21FN4O3S. The number of phenols is 1. The van der Waals surface area contributed by atoms with E-state index in [0.717, 1.165) is 5.69 Å². The normalized spacial score (nSPS) is 11.7. The average molecular weight is 465 g/mol. The molecule has 1 amide bonds. The van der Waals surface area contributed by atoms with E-state index in [9.17, 15) is 14.3 Å². The second-order valence-corrected chi connectivity index (χ2v) is 8.06. The molecule has 0 aliphatic carbocycles. The summed E-state index contributed by atoms with van der Waals surface area (Å²) < 4.78 is 21.0. The number of aromatic nitrogens is 3. The lowest BCUT2D eigenvalue weighted by Crippen LogP contribution is -2.15. The molecule has 1 atom stereocenters. The number of hydrogen-bond donors (Lipinski definition) is 2. The molecule has 1 heterocycles. The second kappa shape index (κ2) is 10.2. The molecule has 1 unspecified atom stereocenters. The van der Waals surface area contributed by atoms with E-state index >= 15 is 0 Å². The zero-order chi connectivity index (χ0) is 23.2. The highest BCUT2D eigenvalue weighted by atomic mass is 32.2. The molecule has 168 valence electrons. The van der Waals surface area contributed by atoms with Crippen molar-refractivity contribution in [2.24, 2.45) is 0 Å². The molecule has 1 aromatic heterocycles. The van der Waals surface area contributed by atoms with E-state index in [1.165, 1.54) is 36.0 Å². The lowest BCUT2D eigenvalue weighted by Gasteiger charge is -2.16. The van der Waals surface area contributed by atoms with Crippen molar-refractivity contribution in [3.8, 4) is 17.2 Å². The van der Waals surface area contributed by atoms with Crippen molar-refractivity contribution < 1.29 is 19.0 Å². The summed E-state index contributed by atoms with van der Waals surface area (Å²) in [5.74, 6) is 0.626. The van der Waals surface area contributed by atoms with Crippen LogP contribution >= 0.6 is 11.8 Å². The molecule has 9 heteroatoms. The van der Waals surface area contributed by atoms with Crippen molar-refractivity contribution >= 4 is 23.4 Å². The maximum absolute atomic E-state index is 13.2. The highest BCUT2D eigenvalue weighted by Crippen LogP contribution is 2.28. The van der Waals surface area contributed by atoms with Gasteiger partial charge in [0.2, 0.25) is 5.91 Å². The first kappa shape index (κ1) is 22.3. The predicted octanol–water partition coefficient (Wildman–Crippen LogP) is 4.98. The van der Waals surface area contributed by atoms with Gasteiger partial charge in [-0.1, -0.05) is 36.0 Å². The molecule has 0 fully saturated rings. The van der Waals surface area contributed by atoms with E-state index in [4.69, 9.17) is 4.74 Å². The van der Waals surface area contributed by atoms with Gasteiger partial charge >= 0.3 is 0 Å². The Kier molecular flexibility index (Phi) is 6.89. The van der Waals surface area contributed by atoms with E-state index in [1.54, 1.807) is 24.3 Å². The minimum Gasteiger partial charge on any atom is -0.508 e. The van der Waals surface area contributed by atoms with Gasteiger partial charge in [0.25, 0.3) is 0 Å². The number of carbonyl (C=O) groups excluding carboxylic acids is 1. The standard InChI is InChI=1S/C24H21FN4O3S/c1-16(32-21-12-10-17(25)11-13-21)23-27-28-24(29(23)19-7-3-2-4-8-19)33-15-22(31)26-18-6-5-9-20(30)14-18/h2-14,16,30H,15H2,1H3,(H,26,31). The van der Waals surface area contributed by atoms with Gasteiger partial charge in [-0.2, -0.15) is 0 Å². The molecule has 33 heavy (non-hydrogen) atoms. The summed E-state index contributed by atoms with van der Waals surface area (Å²) >= 11 is 1.23. The fourth-order valence-electron chi connectivity index (χ4n) is 3.14. The Hall–Kier alpha value is -3.85. The number of ether oxygens (including phenoxy) is 1. The van der Waals surface area contributed by atoms with E-state index in [0.29, 0.717) is 22.4 Å². The Morgan fingerprint density at radius 3 is 2.58 bits per heavy atom. The van der Waals surface area contributed by atoms with Gasteiger partial charge in [-0.3, -0.25) is 9.36 Å². The van der Waals surface area contributed by atoms with Gasteiger partial charge in [0.1, 0.15) is 17.3 Å². The molecular weight excluding hydrogens is 443 g/mol. The quantitative estimate of drug-likeness (QED) is 0.358. The van der Waals surface area contributed by atoms with Crippen LogP contribution in [0.3, 0.4) is 0 Å². The third-order valence-corrected chi connectivity index (χ3v) is 5.55. The Morgan fingerprint density at radius 1 is 1.09 bits per heavy atom. The lowest BCUT2D eigenvalue weighted by molar-refractivity contribution is -0.113. The topological polar surface area (TPSA) is 89.3 Å². The van der Waals surface area contributed by atoms with E-state index in [2.05, 4.69) is 15.5 Å². The molecule has 0 spiro atoms. The van der Waals surface area contributed by atoms with Gasteiger partial charge in [-0.25, -0.2) is 4.39 Å². The second-order valence-electron chi connectivity index (χ2n) is 7.11. The number of para-hydroxylation sites is 1. The molecule has 3 aromatic carbocycles. The fourth-order valence-corrected chi connectivity index (χ4v) is 3.90. The molecule has 7 nitrogen and oxygen atoms in total. The van der Waals surface area contributed by atoms with Crippen LogP contribution in [0.1, 0.15) is 18.9 Å². The summed E-state index contributed by atoms with van der Waals surface area (Å²) in [5, 5.41) is 21.4. The molecule has 0 saturated heterocycles. The third kappa shape index (κ3) is 5.69. The van der Waals surface area contributed by atoms with Gasteiger partial charge in [-0.15, -0.1) is 10.2 Å². The van der Waals surface area contributed by atoms with E-state index < -0.39 is 6.10 Å². The number of rotatable bonds is 8. The minimum atomic E-state index is -0.487. The number of carbonyl (C=O) groups is 1. The molecule has 4 aromatic rings. The molecule has 4 rings (SSSR count). The molecule has 0 bridgehead atoms. The zero-order valence-corrected chi connectivity index (χ0v) is 18.5. The van der Waals surface area contributed by atoms with Crippen molar-refractivity contribution in [2.45, 2.75) is 18.2 Å².